The highest BCUT2D eigenvalue weighted by molar-refractivity contribution is 6.79. The highest BCUT2D eigenvalue weighted by Gasteiger charge is 2.41. The first kappa shape index (κ1) is 25.8. The van der Waals surface area contributed by atoms with Crippen molar-refractivity contribution in [2.45, 2.75) is 57.9 Å². The Morgan fingerprint density at radius 3 is 1.88 bits per heavy atom. The van der Waals surface area contributed by atoms with E-state index in [4.69, 9.17) is 13.3 Å². The minimum atomic E-state index is -2.61. The summed E-state index contributed by atoms with van der Waals surface area (Å²) in [6.07, 6.45) is 1.07. The van der Waals surface area contributed by atoms with Crippen LogP contribution in [0.5, 0.6) is 0 Å². The van der Waals surface area contributed by atoms with Crippen molar-refractivity contribution in [3.63, 3.8) is 0 Å². The first-order valence-corrected chi connectivity index (χ1v) is 17.6. The van der Waals surface area contributed by atoms with Crippen molar-refractivity contribution in [2.75, 3.05) is 19.8 Å². The molecule has 178 valence electrons. The lowest BCUT2D eigenvalue weighted by Crippen LogP contribution is -2.46. The first-order valence-electron chi connectivity index (χ1n) is 12.4. The van der Waals surface area contributed by atoms with Crippen LogP contribution in [0, 0.1) is 0 Å². The van der Waals surface area contributed by atoms with Crippen molar-refractivity contribution >= 4 is 27.7 Å². The van der Waals surface area contributed by atoms with Crippen molar-refractivity contribution in [1.82, 2.24) is 0 Å². The number of hydrogen-bond acceptors (Lipinski definition) is 3. The summed E-state index contributed by atoms with van der Waals surface area (Å²) < 4.78 is 18.4. The van der Waals surface area contributed by atoms with E-state index in [-0.39, 0.29) is 0 Å². The van der Waals surface area contributed by atoms with Crippen LogP contribution in [-0.2, 0) is 13.3 Å². The van der Waals surface area contributed by atoms with E-state index in [9.17, 15) is 0 Å². The molecule has 1 unspecified atom stereocenters. The van der Waals surface area contributed by atoms with E-state index in [1.165, 1.54) is 27.9 Å². The molecule has 0 saturated carbocycles. The minimum Gasteiger partial charge on any atom is -0.374 e. The summed E-state index contributed by atoms with van der Waals surface area (Å²) in [5.74, 6) is 0. The number of hydrogen-bond donors (Lipinski definition) is 0. The van der Waals surface area contributed by atoms with Crippen molar-refractivity contribution in [3.8, 4) is 0 Å². The predicted octanol–water partition coefficient (Wildman–Crippen LogP) is 7.66. The van der Waals surface area contributed by atoms with Gasteiger partial charge < -0.3 is 13.3 Å². The van der Waals surface area contributed by atoms with Gasteiger partial charge in [-0.1, -0.05) is 98.4 Å². The van der Waals surface area contributed by atoms with Crippen LogP contribution in [0.25, 0.3) is 10.8 Å². The Labute approximate surface area is 202 Å². The fourth-order valence-electron chi connectivity index (χ4n) is 5.11. The molecule has 5 heteroatoms. The molecule has 1 atom stereocenters. The average molecular weight is 481 g/mol. The Bertz CT molecular complexity index is 968. The zero-order valence-corrected chi connectivity index (χ0v) is 23.0. The normalized spacial score (nSPS) is 13.4. The van der Waals surface area contributed by atoms with Crippen LogP contribution in [0.3, 0.4) is 0 Å². The number of fused-ring (bicyclic) bond motifs is 1. The van der Waals surface area contributed by atoms with Gasteiger partial charge in [-0.05, 0) is 42.7 Å². The van der Waals surface area contributed by atoms with E-state index >= 15 is 0 Å². The van der Waals surface area contributed by atoms with Gasteiger partial charge >= 0.3 is 8.80 Å². The van der Waals surface area contributed by atoms with Crippen LogP contribution in [0.2, 0.25) is 25.2 Å². The molecule has 33 heavy (non-hydrogen) atoms. The number of benzene rings is 3. The second-order valence-corrected chi connectivity index (χ2v) is 17.0. The molecule has 3 rings (SSSR count). The third kappa shape index (κ3) is 6.43. The van der Waals surface area contributed by atoms with E-state index in [2.05, 4.69) is 85.9 Å². The SMILES string of the molecule is CCO[Si](CCC[Si](C)(C)C(c1ccccc1)c1cccc2ccccc12)(OCC)OCC. The van der Waals surface area contributed by atoms with Gasteiger partial charge in [0.2, 0.25) is 0 Å². The lowest BCUT2D eigenvalue weighted by molar-refractivity contribution is 0.0711. The smallest absolute Gasteiger partial charge is 0.374 e. The van der Waals surface area contributed by atoms with Crippen molar-refractivity contribution < 1.29 is 13.3 Å². The summed E-state index contributed by atoms with van der Waals surface area (Å²) in [4.78, 5) is 0. The second-order valence-electron chi connectivity index (χ2n) is 9.24. The Balaban J connectivity index is 1.92. The van der Waals surface area contributed by atoms with Gasteiger partial charge in [-0.3, -0.25) is 0 Å². The maximum Gasteiger partial charge on any atom is 0.500 e. The van der Waals surface area contributed by atoms with Gasteiger partial charge in [0.1, 0.15) is 0 Å². The summed E-state index contributed by atoms with van der Waals surface area (Å²) in [7, 11) is -4.35. The van der Waals surface area contributed by atoms with Gasteiger partial charge in [0.05, 0.1) is 8.07 Å². The maximum absolute atomic E-state index is 6.12. The molecule has 0 aliphatic rings. The van der Waals surface area contributed by atoms with E-state index in [0.717, 1.165) is 12.5 Å². The summed E-state index contributed by atoms with van der Waals surface area (Å²) in [6.45, 7) is 13.1. The Hall–Kier alpha value is -1.77. The van der Waals surface area contributed by atoms with Crippen molar-refractivity contribution in [3.05, 3.63) is 83.9 Å². The molecule has 0 heterocycles. The molecular formula is C28H40O3Si2. The van der Waals surface area contributed by atoms with E-state index in [0.29, 0.717) is 25.4 Å². The predicted molar refractivity (Wildman–Crippen MR) is 145 cm³/mol. The molecular weight excluding hydrogens is 440 g/mol. The maximum atomic E-state index is 6.12. The molecule has 0 aliphatic carbocycles. The molecule has 0 bridgehead atoms. The lowest BCUT2D eigenvalue weighted by Gasteiger charge is -2.35. The standard InChI is InChI=1S/C28H40O3Si2/c1-6-29-33(30-7-2,31-8-3)23-15-22-32(4,5)28(25-17-10-9-11-18-25)27-21-14-19-24-16-12-13-20-26(24)27/h9-14,16-21,28H,6-8,15,22-23H2,1-5H3. The third-order valence-corrected chi connectivity index (χ3v) is 13.4. The van der Waals surface area contributed by atoms with Crippen molar-refractivity contribution in [1.29, 1.82) is 0 Å². The van der Waals surface area contributed by atoms with Crippen molar-refractivity contribution in [2.24, 2.45) is 0 Å². The highest BCUT2D eigenvalue weighted by atomic mass is 28.4. The largest absolute Gasteiger partial charge is 0.500 e. The summed E-state index contributed by atoms with van der Waals surface area (Å²) in [6, 6.07) is 28.7. The van der Waals surface area contributed by atoms with E-state index < -0.39 is 16.9 Å². The van der Waals surface area contributed by atoms with Crippen LogP contribution >= 0.6 is 0 Å². The molecule has 0 N–H and O–H groups in total. The van der Waals surface area contributed by atoms with E-state index in [1.54, 1.807) is 0 Å². The molecule has 3 aromatic carbocycles. The summed E-state index contributed by atoms with van der Waals surface area (Å²) in [5.41, 5.74) is 3.31. The second kappa shape index (κ2) is 12.1. The Morgan fingerprint density at radius 2 is 1.24 bits per heavy atom. The fourth-order valence-corrected chi connectivity index (χ4v) is 11.6. The van der Waals surface area contributed by atoms with Gasteiger partial charge in [-0.15, -0.1) is 0 Å². The highest BCUT2D eigenvalue weighted by Crippen LogP contribution is 2.40. The first-order chi connectivity index (χ1) is 16.0. The quantitative estimate of drug-likeness (QED) is 0.235. The molecule has 3 nitrogen and oxygen atoms in total. The monoisotopic (exact) mass is 480 g/mol. The molecule has 3 aromatic rings. The number of rotatable bonds is 13. The van der Waals surface area contributed by atoms with Crippen LogP contribution in [0.4, 0.5) is 0 Å². The van der Waals surface area contributed by atoms with E-state index in [1.807, 2.05) is 20.8 Å². The van der Waals surface area contributed by atoms with Gasteiger partial charge in [0.25, 0.3) is 0 Å². The van der Waals surface area contributed by atoms with Crippen LogP contribution in [0.1, 0.15) is 43.9 Å². The molecule has 0 amide bonds. The molecule has 0 aliphatic heterocycles. The molecule has 0 radical (unpaired) electrons. The van der Waals surface area contributed by atoms with Crippen LogP contribution in [0.15, 0.2) is 72.8 Å². The zero-order chi connectivity index (χ0) is 23.7. The Kier molecular flexibility index (Phi) is 9.47. The Morgan fingerprint density at radius 1 is 0.667 bits per heavy atom. The topological polar surface area (TPSA) is 27.7 Å². The van der Waals surface area contributed by atoms with Crippen LogP contribution < -0.4 is 0 Å². The molecule has 0 aromatic heterocycles. The molecule has 0 fully saturated rings. The molecule has 0 spiro atoms. The summed E-state index contributed by atoms with van der Waals surface area (Å²) >= 11 is 0. The lowest BCUT2D eigenvalue weighted by atomic mass is 9.98. The minimum absolute atomic E-state index is 0.423. The summed E-state index contributed by atoms with van der Waals surface area (Å²) in [5, 5.41) is 2.69. The fraction of sp³-hybridized carbons (Fsp3) is 0.429. The zero-order valence-electron chi connectivity index (χ0n) is 21.0. The third-order valence-electron chi connectivity index (χ3n) is 6.45. The molecule has 0 saturated heterocycles. The van der Waals surface area contributed by atoms with Gasteiger partial charge in [-0.25, -0.2) is 0 Å². The van der Waals surface area contributed by atoms with Gasteiger partial charge in [-0.2, -0.15) is 0 Å². The van der Waals surface area contributed by atoms with Crippen LogP contribution in [-0.4, -0.2) is 36.7 Å². The average Bonchev–Trinajstić information content (AvgIpc) is 2.80. The van der Waals surface area contributed by atoms with Gasteiger partial charge in [0, 0.05) is 31.4 Å². The van der Waals surface area contributed by atoms with Gasteiger partial charge in [0.15, 0.2) is 0 Å².